The van der Waals surface area contributed by atoms with Crippen LogP contribution < -0.4 is 4.90 Å². The predicted molar refractivity (Wildman–Crippen MR) is 135 cm³/mol. The molecule has 3 aromatic carbocycles. The van der Waals surface area contributed by atoms with E-state index in [4.69, 9.17) is 34.8 Å². The van der Waals surface area contributed by atoms with Gasteiger partial charge < -0.3 is 9.80 Å². The summed E-state index contributed by atoms with van der Waals surface area (Å²) in [6.07, 6.45) is 0. The van der Waals surface area contributed by atoms with Crippen LogP contribution in [0.25, 0.3) is 0 Å². The molecule has 0 unspecified atom stereocenters. The van der Waals surface area contributed by atoms with Crippen molar-refractivity contribution in [2.45, 2.75) is 19.9 Å². The molecule has 4 nitrogen and oxygen atoms in total. The lowest BCUT2D eigenvalue weighted by molar-refractivity contribution is 0.0720. The van der Waals surface area contributed by atoms with Gasteiger partial charge in [-0.2, -0.15) is 5.26 Å². The lowest BCUT2D eigenvalue weighted by Gasteiger charge is -2.43. The first-order chi connectivity index (χ1) is 15.8. The third-order valence-electron chi connectivity index (χ3n) is 6.02. The van der Waals surface area contributed by atoms with Gasteiger partial charge in [0.05, 0.1) is 28.4 Å². The number of benzene rings is 3. The molecule has 0 N–H and O–H groups in total. The molecule has 0 spiro atoms. The van der Waals surface area contributed by atoms with Gasteiger partial charge in [-0.25, -0.2) is 0 Å². The molecular formula is C26H22Cl3N3O. The third kappa shape index (κ3) is 4.82. The van der Waals surface area contributed by atoms with Crippen molar-refractivity contribution in [3.8, 4) is 6.07 Å². The van der Waals surface area contributed by atoms with Crippen LogP contribution >= 0.6 is 34.8 Å². The number of piperazine rings is 1. The molecule has 33 heavy (non-hydrogen) atoms. The SMILES string of the molecule is Cc1cc(C#N)cc(C)c1C(=O)N1CCN(c2ccc(Cl)cc2Cl)[C@H](c2ccc(Cl)cc2)C1. The lowest BCUT2D eigenvalue weighted by Crippen LogP contribution is -2.51. The van der Waals surface area contributed by atoms with Crippen LogP contribution in [0.2, 0.25) is 15.1 Å². The third-order valence-corrected chi connectivity index (χ3v) is 6.81. The number of rotatable bonds is 3. The van der Waals surface area contributed by atoms with E-state index in [1.54, 1.807) is 18.2 Å². The summed E-state index contributed by atoms with van der Waals surface area (Å²) in [7, 11) is 0. The van der Waals surface area contributed by atoms with Crippen molar-refractivity contribution >= 4 is 46.4 Å². The maximum Gasteiger partial charge on any atom is 0.254 e. The molecule has 1 aliphatic rings. The van der Waals surface area contributed by atoms with E-state index in [1.807, 2.05) is 55.1 Å². The number of aryl methyl sites for hydroxylation is 2. The standard InChI is InChI=1S/C26H22Cl3N3O/c1-16-11-18(14-30)12-17(2)25(16)26(33)31-9-10-32(23-8-7-21(28)13-22(23)29)24(15-31)19-3-5-20(27)6-4-19/h3-8,11-13,24H,9-10,15H2,1-2H3/t24-/m0/s1. The number of carbonyl (C=O) groups is 1. The second-order valence-corrected chi connectivity index (χ2v) is 9.48. The highest BCUT2D eigenvalue weighted by Gasteiger charge is 2.33. The van der Waals surface area contributed by atoms with Crippen molar-refractivity contribution in [3.63, 3.8) is 0 Å². The van der Waals surface area contributed by atoms with Crippen LogP contribution in [0.5, 0.6) is 0 Å². The summed E-state index contributed by atoms with van der Waals surface area (Å²) in [6, 6.07) is 18.7. The molecule has 168 valence electrons. The van der Waals surface area contributed by atoms with E-state index >= 15 is 0 Å². The summed E-state index contributed by atoms with van der Waals surface area (Å²) >= 11 is 18.8. The highest BCUT2D eigenvalue weighted by Crippen LogP contribution is 2.37. The molecule has 7 heteroatoms. The molecule has 1 fully saturated rings. The van der Waals surface area contributed by atoms with Gasteiger partial charge in [0, 0.05) is 35.2 Å². The van der Waals surface area contributed by atoms with Crippen molar-refractivity contribution in [1.82, 2.24) is 4.90 Å². The van der Waals surface area contributed by atoms with E-state index in [2.05, 4.69) is 11.0 Å². The van der Waals surface area contributed by atoms with Crippen molar-refractivity contribution in [2.75, 3.05) is 24.5 Å². The summed E-state index contributed by atoms with van der Waals surface area (Å²) in [6.45, 7) is 5.39. The van der Waals surface area contributed by atoms with Gasteiger partial charge in [0.2, 0.25) is 0 Å². The summed E-state index contributed by atoms with van der Waals surface area (Å²) in [5.41, 5.74) is 4.74. The molecule has 1 atom stereocenters. The zero-order chi connectivity index (χ0) is 23.7. The van der Waals surface area contributed by atoms with Gasteiger partial charge in [-0.05, 0) is 73.0 Å². The summed E-state index contributed by atoms with van der Waals surface area (Å²) < 4.78 is 0. The fraction of sp³-hybridized carbons (Fsp3) is 0.231. The Morgan fingerprint density at radius 1 is 0.939 bits per heavy atom. The second kappa shape index (κ2) is 9.65. The van der Waals surface area contributed by atoms with Crippen LogP contribution in [0.3, 0.4) is 0 Å². The second-order valence-electron chi connectivity index (χ2n) is 8.20. The Morgan fingerprint density at radius 3 is 2.18 bits per heavy atom. The predicted octanol–water partition coefficient (Wildman–Crippen LogP) is 6.84. The van der Waals surface area contributed by atoms with Gasteiger partial charge in [0.1, 0.15) is 0 Å². The van der Waals surface area contributed by atoms with E-state index < -0.39 is 0 Å². The largest absolute Gasteiger partial charge is 0.360 e. The van der Waals surface area contributed by atoms with Crippen LogP contribution in [0.1, 0.15) is 38.7 Å². The fourth-order valence-electron chi connectivity index (χ4n) is 4.46. The minimum atomic E-state index is -0.113. The Bertz CT molecular complexity index is 1230. The molecule has 1 aliphatic heterocycles. The highest BCUT2D eigenvalue weighted by molar-refractivity contribution is 6.36. The molecule has 1 saturated heterocycles. The summed E-state index contributed by atoms with van der Waals surface area (Å²) in [5, 5.41) is 11.0. The fourth-order valence-corrected chi connectivity index (χ4v) is 5.11. The van der Waals surface area contributed by atoms with Crippen LogP contribution in [-0.2, 0) is 0 Å². The van der Waals surface area contributed by atoms with Gasteiger partial charge in [0.15, 0.2) is 0 Å². The van der Waals surface area contributed by atoms with Crippen LogP contribution in [0.15, 0.2) is 54.6 Å². The Labute approximate surface area is 208 Å². The van der Waals surface area contributed by atoms with Gasteiger partial charge >= 0.3 is 0 Å². The van der Waals surface area contributed by atoms with E-state index in [0.29, 0.717) is 45.8 Å². The number of hydrogen-bond donors (Lipinski definition) is 0. The van der Waals surface area contributed by atoms with Gasteiger partial charge in [-0.15, -0.1) is 0 Å². The van der Waals surface area contributed by atoms with Crippen LogP contribution in [0, 0.1) is 25.2 Å². The Morgan fingerprint density at radius 2 is 1.58 bits per heavy atom. The monoisotopic (exact) mass is 497 g/mol. The molecule has 0 bridgehead atoms. The summed E-state index contributed by atoms with van der Waals surface area (Å²) in [4.78, 5) is 17.7. The molecule has 0 aliphatic carbocycles. The topological polar surface area (TPSA) is 47.3 Å². The van der Waals surface area contributed by atoms with Crippen molar-refractivity contribution in [2.24, 2.45) is 0 Å². The quantitative estimate of drug-likeness (QED) is 0.397. The molecule has 1 heterocycles. The number of anilines is 1. The zero-order valence-corrected chi connectivity index (χ0v) is 20.5. The average Bonchev–Trinajstić information content (AvgIpc) is 2.79. The molecule has 4 rings (SSSR count). The smallest absolute Gasteiger partial charge is 0.254 e. The first kappa shape index (κ1) is 23.4. The molecular weight excluding hydrogens is 477 g/mol. The van der Waals surface area contributed by atoms with E-state index in [9.17, 15) is 10.1 Å². The van der Waals surface area contributed by atoms with E-state index in [-0.39, 0.29) is 11.9 Å². The normalized spacial score (nSPS) is 15.9. The number of carbonyl (C=O) groups excluding carboxylic acids is 1. The van der Waals surface area contributed by atoms with Crippen molar-refractivity contribution < 1.29 is 4.79 Å². The van der Waals surface area contributed by atoms with Crippen molar-refractivity contribution in [3.05, 3.63) is 97.5 Å². The minimum Gasteiger partial charge on any atom is -0.360 e. The maximum atomic E-state index is 13.6. The Balaban J connectivity index is 1.70. The number of amides is 1. The Kier molecular flexibility index (Phi) is 6.86. The number of halogens is 3. The summed E-state index contributed by atoms with van der Waals surface area (Å²) in [5.74, 6) is -0.0321. The zero-order valence-electron chi connectivity index (χ0n) is 18.3. The van der Waals surface area contributed by atoms with Crippen molar-refractivity contribution in [1.29, 1.82) is 5.26 Å². The molecule has 0 radical (unpaired) electrons. The van der Waals surface area contributed by atoms with E-state index in [1.165, 1.54) is 0 Å². The number of nitriles is 1. The van der Waals surface area contributed by atoms with Gasteiger partial charge in [-0.3, -0.25) is 4.79 Å². The molecule has 1 amide bonds. The maximum absolute atomic E-state index is 13.6. The number of nitrogens with zero attached hydrogens (tertiary/aromatic N) is 3. The molecule has 3 aromatic rings. The van der Waals surface area contributed by atoms with Gasteiger partial charge in [-0.1, -0.05) is 46.9 Å². The van der Waals surface area contributed by atoms with Crippen LogP contribution in [0.4, 0.5) is 5.69 Å². The first-order valence-corrected chi connectivity index (χ1v) is 11.7. The first-order valence-electron chi connectivity index (χ1n) is 10.6. The highest BCUT2D eigenvalue weighted by atomic mass is 35.5. The van der Waals surface area contributed by atoms with Crippen LogP contribution in [-0.4, -0.2) is 30.4 Å². The average molecular weight is 499 g/mol. The Hall–Kier alpha value is -2.71. The van der Waals surface area contributed by atoms with E-state index in [0.717, 1.165) is 22.4 Å². The molecule has 0 aromatic heterocycles. The lowest BCUT2D eigenvalue weighted by atomic mass is 9.96. The number of hydrogen-bond acceptors (Lipinski definition) is 3. The minimum absolute atomic E-state index is 0.0321. The van der Waals surface area contributed by atoms with Gasteiger partial charge in [0.25, 0.3) is 5.91 Å². The molecule has 0 saturated carbocycles.